The number of nitrogens with one attached hydrogen (secondary N) is 1. The van der Waals surface area contributed by atoms with Crippen molar-refractivity contribution in [3.63, 3.8) is 0 Å². The molecule has 0 radical (unpaired) electrons. The van der Waals surface area contributed by atoms with E-state index in [0.29, 0.717) is 18.9 Å². The number of hydrogen-bond acceptors (Lipinski definition) is 2. The topological polar surface area (TPSA) is 55.1 Å². The van der Waals surface area contributed by atoms with Crippen LogP contribution in [0.15, 0.2) is 0 Å². The summed E-state index contributed by atoms with van der Waals surface area (Å²) in [5.41, 5.74) is 5.90. The van der Waals surface area contributed by atoms with Crippen LogP contribution in [0.25, 0.3) is 0 Å². The molecular weight excluding hydrogens is 248 g/mol. The Hall–Kier alpha value is -0.280. The van der Waals surface area contributed by atoms with Crippen LogP contribution in [0.2, 0.25) is 0 Å². The third-order valence-corrected chi connectivity index (χ3v) is 4.33. The van der Waals surface area contributed by atoms with E-state index in [1.807, 2.05) is 0 Å². The highest BCUT2D eigenvalue weighted by molar-refractivity contribution is 5.85. The van der Waals surface area contributed by atoms with Crippen LogP contribution in [-0.4, -0.2) is 18.0 Å². The van der Waals surface area contributed by atoms with Gasteiger partial charge in [0, 0.05) is 13.0 Å². The fraction of sp³-hybridized carbons (Fsp3) is 0.929. The van der Waals surface area contributed by atoms with Gasteiger partial charge in [-0.3, -0.25) is 4.79 Å². The van der Waals surface area contributed by atoms with Gasteiger partial charge in [-0.25, -0.2) is 0 Å². The molecule has 3 N–H and O–H groups in total. The summed E-state index contributed by atoms with van der Waals surface area (Å²) in [6.07, 6.45) is 5.06. The summed E-state index contributed by atoms with van der Waals surface area (Å²) in [7, 11) is 0. The summed E-state index contributed by atoms with van der Waals surface area (Å²) in [5.74, 6) is 0.554. The number of amides is 1. The number of carbonyl (C=O) groups is 1. The summed E-state index contributed by atoms with van der Waals surface area (Å²) in [6.45, 7) is 9.25. The Labute approximate surface area is 118 Å². The van der Waals surface area contributed by atoms with Gasteiger partial charge in [-0.2, -0.15) is 0 Å². The molecule has 3 nitrogen and oxygen atoms in total. The highest BCUT2D eigenvalue weighted by Crippen LogP contribution is 2.31. The van der Waals surface area contributed by atoms with Gasteiger partial charge >= 0.3 is 0 Å². The Morgan fingerprint density at radius 3 is 2.22 bits per heavy atom. The van der Waals surface area contributed by atoms with E-state index in [2.05, 4.69) is 33.0 Å². The van der Waals surface area contributed by atoms with Crippen molar-refractivity contribution in [3.05, 3.63) is 0 Å². The monoisotopic (exact) mass is 276 g/mol. The van der Waals surface area contributed by atoms with Crippen molar-refractivity contribution >= 4 is 18.3 Å². The SMILES string of the molecule is CC(CC(=O)NC1(CN)CCCC1)C(C)(C)C.Cl. The number of rotatable bonds is 4. The van der Waals surface area contributed by atoms with Gasteiger partial charge in [0.1, 0.15) is 0 Å². The van der Waals surface area contributed by atoms with E-state index in [4.69, 9.17) is 5.73 Å². The molecule has 0 aliphatic heterocycles. The van der Waals surface area contributed by atoms with Crippen molar-refractivity contribution in [2.75, 3.05) is 6.54 Å². The van der Waals surface area contributed by atoms with Crippen LogP contribution < -0.4 is 11.1 Å². The van der Waals surface area contributed by atoms with Gasteiger partial charge in [-0.1, -0.05) is 40.5 Å². The van der Waals surface area contributed by atoms with Gasteiger partial charge in [0.2, 0.25) is 5.91 Å². The molecule has 1 unspecified atom stereocenters. The molecule has 4 heteroatoms. The molecule has 1 aliphatic carbocycles. The molecule has 0 bridgehead atoms. The molecule has 0 aromatic rings. The Morgan fingerprint density at radius 1 is 1.33 bits per heavy atom. The predicted molar refractivity (Wildman–Crippen MR) is 78.9 cm³/mol. The average molecular weight is 277 g/mol. The molecule has 0 aromatic heterocycles. The van der Waals surface area contributed by atoms with Crippen molar-refractivity contribution in [1.82, 2.24) is 5.32 Å². The molecule has 1 aliphatic rings. The molecule has 1 fully saturated rings. The van der Waals surface area contributed by atoms with Gasteiger partial charge in [-0.05, 0) is 24.2 Å². The summed E-state index contributed by atoms with van der Waals surface area (Å²) in [6, 6.07) is 0. The lowest BCUT2D eigenvalue weighted by Gasteiger charge is -2.31. The summed E-state index contributed by atoms with van der Waals surface area (Å²) >= 11 is 0. The van der Waals surface area contributed by atoms with Gasteiger partial charge in [0.25, 0.3) is 0 Å². The van der Waals surface area contributed by atoms with Crippen LogP contribution in [0, 0.1) is 11.3 Å². The van der Waals surface area contributed by atoms with Crippen LogP contribution in [0.3, 0.4) is 0 Å². The standard InChI is InChI=1S/C14H28N2O.ClH/c1-11(13(2,3)4)9-12(17)16-14(10-15)7-5-6-8-14;/h11H,5-10,15H2,1-4H3,(H,16,17);1H. The van der Waals surface area contributed by atoms with E-state index in [1.54, 1.807) is 0 Å². The van der Waals surface area contributed by atoms with Crippen LogP contribution in [0.4, 0.5) is 0 Å². The first-order valence-electron chi connectivity index (χ1n) is 6.80. The van der Waals surface area contributed by atoms with Crippen molar-refractivity contribution in [3.8, 4) is 0 Å². The van der Waals surface area contributed by atoms with Crippen LogP contribution >= 0.6 is 12.4 Å². The molecule has 108 valence electrons. The molecule has 0 spiro atoms. The molecule has 1 saturated carbocycles. The molecule has 18 heavy (non-hydrogen) atoms. The zero-order valence-corrected chi connectivity index (χ0v) is 13.0. The Balaban J connectivity index is 0.00000289. The van der Waals surface area contributed by atoms with Gasteiger partial charge in [0.15, 0.2) is 0 Å². The maximum Gasteiger partial charge on any atom is 0.220 e. The zero-order valence-electron chi connectivity index (χ0n) is 12.2. The minimum atomic E-state index is -0.102. The first kappa shape index (κ1) is 17.7. The van der Waals surface area contributed by atoms with Crippen LogP contribution in [-0.2, 0) is 4.79 Å². The maximum atomic E-state index is 12.1. The van der Waals surface area contributed by atoms with E-state index in [0.717, 1.165) is 12.8 Å². The minimum absolute atomic E-state index is 0. The number of carbonyl (C=O) groups excluding carboxylic acids is 1. The lowest BCUT2D eigenvalue weighted by Crippen LogP contribution is -2.52. The van der Waals surface area contributed by atoms with Crippen molar-refractivity contribution in [2.45, 2.75) is 65.3 Å². The molecule has 0 aromatic carbocycles. The van der Waals surface area contributed by atoms with E-state index in [-0.39, 0.29) is 29.3 Å². The van der Waals surface area contributed by atoms with E-state index < -0.39 is 0 Å². The molecule has 1 rings (SSSR count). The number of halogens is 1. The second-order valence-corrected chi connectivity index (χ2v) is 6.71. The van der Waals surface area contributed by atoms with E-state index >= 15 is 0 Å². The smallest absolute Gasteiger partial charge is 0.220 e. The molecule has 0 heterocycles. The summed E-state index contributed by atoms with van der Waals surface area (Å²) in [4.78, 5) is 12.1. The molecule has 0 saturated heterocycles. The molecule has 1 amide bonds. The average Bonchev–Trinajstić information content (AvgIpc) is 2.65. The van der Waals surface area contributed by atoms with Gasteiger partial charge < -0.3 is 11.1 Å². The normalized spacial score (nSPS) is 20.1. The third kappa shape index (κ3) is 4.77. The number of nitrogens with two attached hydrogens (primary N) is 1. The van der Waals surface area contributed by atoms with E-state index in [9.17, 15) is 4.79 Å². The Bertz CT molecular complexity index is 267. The maximum absolute atomic E-state index is 12.1. The Kier molecular flexibility index (Phi) is 6.66. The van der Waals surface area contributed by atoms with Crippen LogP contribution in [0.1, 0.15) is 59.8 Å². The Morgan fingerprint density at radius 2 is 1.83 bits per heavy atom. The first-order chi connectivity index (χ1) is 7.79. The summed E-state index contributed by atoms with van der Waals surface area (Å²) < 4.78 is 0. The predicted octanol–water partition coefficient (Wildman–Crippen LogP) is 2.87. The first-order valence-corrected chi connectivity index (χ1v) is 6.80. The van der Waals surface area contributed by atoms with E-state index in [1.165, 1.54) is 12.8 Å². The quantitative estimate of drug-likeness (QED) is 0.830. The third-order valence-electron chi connectivity index (χ3n) is 4.33. The lowest BCUT2D eigenvalue weighted by atomic mass is 9.80. The van der Waals surface area contributed by atoms with Crippen molar-refractivity contribution in [2.24, 2.45) is 17.1 Å². The fourth-order valence-corrected chi connectivity index (χ4v) is 2.36. The second kappa shape index (κ2) is 6.76. The number of hydrogen-bond donors (Lipinski definition) is 2. The lowest BCUT2D eigenvalue weighted by molar-refractivity contribution is -0.124. The zero-order chi connectivity index (χ0) is 13.1. The highest BCUT2D eigenvalue weighted by atomic mass is 35.5. The van der Waals surface area contributed by atoms with Crippen molar-refractivity contribution in [1.29, 1.82) is 0 Å². The minimum Gasteiger partial charge on any atom is -0.349 e. The fourth-order valence-electron chi connectivity index (χ4n) is 2.36. The molecule has 1 atom stereocenters. The summed E-state index contributed by atoms with van der Waals surface area (Å²) in [5, 5.41) is 3.18. The largest absolute Gasteiger partial charge is 0.349 e. The van der Waals surface area contributed by atoms with Crippen LogP contribution in [0.5, 0.6) is 0 Å². The van der Waals surface area contributed by atoms with Gasteiger partial charge in [-0.15, -0.1) is 12.4 Å². The molecular formula is C14H29ClN2O. The second-order valence-electron chi connectivity index (χ2n) is 6.71. The van der Waals surface area contributed by atoms with Crippen molar-refractivity contribution < 1.29 is 4.79 Å². The highest BCUT2D eigenvalue weighted by Gasteiger charge is 2.34. The van der Waals surface area contributed by atoms with Gasteiger partial charge in [0.05, 0.1) is 5.54 Å².